The van der Waals surface area contributed by atoms with Gasteiger partial charge in [-0.1, -0.05) is 18.2 Å². The molecule has 1 saturated heterocycles. The topological polar surface area (TPSA) is 35.6 Å². The Morgan fingerprint density at radius 2 is 1.78 bits per heavy atom. The molecule has 0 atom stereocenters. The number of hydrogen-bond donors (Lipinski definition) is 1. The van der Waals surface area contributed by atoms with Crippen molar-refractivity contribution in [3.05, 3.63) is 30.3 Å². The number of likely N-dealkylation sites (N-methyl/N-ethyl adjacent to an activating group) is 1. The lowest BCUT2D eigenvalue weighted by molar-refractivity contribution is -0.130. The third-order valence-corrected chi connectivity index (χ3v) is 3.08. The van der Waals surface area contributed by atoms with Gasteiger partial charge in [-0.25, -0.2) is 0 Å². The number of benzene rings is 1. The predicted molar refractivity (Wildman–Crippen MR) is 76.4 cm³/mol. The Bertz CT molecular complexity index is 364. The van der Waals surface area contributed by atoms with Crippen molar-refractivity contribution in [2.45, 2.75) is 0 Å². The van der Waals surface area contributed by atoms with Gasteiger partial charge in [-0.2, -0.15) is 0 Å². The summed E-state index contributed by atoms with van der Waals surface area (Å²) in [4.78, 5) is 15.9. The number of amides is 1. The lowest BCUT2D eigenvalue weighted by Gasteiger charge is -2.36. The highest BCUT2D eigenvalue weighted by Crippen LogP contribution is 2.15. The van der Waals surface area contributed by atoms with Gasteiger partial charge in [0.25, 0.3) is 0 Å². The standard InChI is InChI=1S/C13H19N3O.ClH/c1-14-11-13(17)16-9-7-15(8-10-16)12-5-3-2-4-6-12;/h2-6,14H,7-11H2,1H3;1H. The van der Waals surface area contributed by atoms with E-state index in [0.29, 0.717) is 6.54 Å². The fourth-order valence-corrected chi connectivity index (χ4v) is 2.12. The van der Waals surface area contributed by atoms with Crippen LogP contribution in [0.5, 0.6) is 0 Å². The number of carbonyl (C=O) groups excluding carboxylic acids is 1. The normalized spacial score (nSPS) is 15.2. The summed E-state index contributed by atoms with van der Waals surface area (Å²) in [5, 5.41) is 2.90. The molecule has 1 aromatic rings. The SMILES string of the molecule is CNCC(=O)N1CCN(c2ccccc2)CC1.Cl. The fraction of sp³-hybridized carbons (Fsp3) is 0.462. The van der Waals surface area contributed by atoms with Crippen molar-refractivity contribution in [1.82, 2.24) is 10.2 Å². The van der Waals surface area contributed by atoms with Crippen LogP contribution in [-0.2, 0) is 4.79 Å². The number of para-hydroxylation sites is 1. The van der Waals surface area contributed by atoms with Gasteiger partial charge in [-0.15, -0.1) is 12.4 Å². The lowest BCUT2D eigenvalue weighted by atomic mass is 10.2. The summed E-state index contributed by atoms with van der Waals surface area (Å²) in [5.41, 5.74) is 1.24. The number of nitrogens with zero attached hydrogens (tertiary/aromatic N) is 2. The maximum absolute atomic E-state index is 11.7. The molecule has 1 aromatic carbocycles. The molecule has 0 saturated carbocycles. The number of piperazine rings is 1. The van der Waals surface area contributed by atoms with E-state index in [1.54, 1.807) is 7.05 Å². The van der Waals surface area contributed by atoms with Crippen LogP contribution in [0.1, 0.15) is 0 Å². The Labute approximate surface area is 114 Å². The zero-order chi connectivity index (χ0) is 12.1. The molecule has 0 spiro atoms. The summed E-state index contributed by atoms with van der Waals surface area (Å²) in [7, 11) is 1.80. The van der Waals surface area contributed by atoms with E-state index in [0.717, 1.165) is 26.2 Å². The van der Waals surface area contributed by atoms with Crippen LogP contribution in [0.15, 0.2) is 30.3 Å². The van der Waals surface area contributed by atoms with E-state index >= 15 is 0 Å². The maximum Gasteiger partial charge on any atom is 0.236 e. The fourth-order valence-electron chi connectivity index (χ4n) is 2.12. The second-order valence-corrected chi connectivity index (χ2v) is 4.23. The van der Waals surface area contributed by atoms with Gasteiger partial charge >= 0.3 is 0 Å². The minimum absolute atomic E-state index is 0. The van der Waals surface area contributed by atoms with E-state index in [4.69, 9.17) is 0 Å². The lowest BCUT2D eigenvalue weighted by Crippen LogP contribution is -2.50. The van der Waals surface area contributed by atoms with Crippen molar-refractivity contribution in [3.63, 3.8) is 0 Å². The van der Waals surface area contributed by atoms with Crippen LogP contribution in [0.25, 0.3) is 0 Å². The summed E-state index contributed by atoms with van der Waals surface area (Å²) in [6, 6.07) is 10.4. The van der Waals surface area contributed by atoms with Gasteiger partial charge in [0.05, 0.1) is 6.54 Å². The molecule has 2 rings (SSSR count). The van der Waals surface area contributed by atoms with E-state index in [1.807, 2.05) is 23.1 Å². The second kappa shape index (κ2) is 7.24. The van der Waals surface area contributed by atoms with Gasteiger partial charge < -0.3 is 15.1 Å². The molecule has 0 unspecified atom stereocenters. The van der Waals surface area contributed by atoms with Gasteiger partial charge in [0.15, 0.2) is 0 Å². The Morgan fingerprint density at radius 3 is 2.33 bits per heavy atom. The van der Waals surface area contributed by atoms with Crippen LogP contribution in [0.4, 0.5) is 5.69 Å². The smallest absolute Gasteiger partial charge is 0.236 e. The molecule has 18 heavy (non-hydrogen) atoms. The van der Waals surface area contributed by atoms with Gasteiger partial charge in [-0.3, -0.25) is 4.79 Å². The van der Waals surface area contributed by atoms with Crippen LogP contribution in [0.3, 0.4) is 0 Å². The third-order valence-electron chi connectivity index (χ3n) is 3.08. The van der Waals surface area contributed by atoms with E-state index in [9.17, 15) is 4.79 Å². The predicted octanol–water partition coefficient (Wildman–Crippen LogP) is 0.976. The molecule has 0 aliphatic carbocycles. The number of halogens is 1. The number of nitrogens with one attached hydrogen (secondary N) is 1. The first kappa shape index (κ1) is 14.8. The molecule has 5 heteroatoms. The molecular formula is C13H20ClN3O. The van der Waals surface area contributed by atoms with E-state index in [2.05, 4.69) is 22.3 Å². The summed E-state index contributed by atoms with van der Waals surface area (Å²) < 4.78 is 0. The van der Waals surface area contributed by atoms with Crippen molar-refractivity contribution >= 4 is 24.0 Å². The molecule has 4 nitrogen and oxygen atoms in total. The van der Waals surface area contributed by atoms with E-state index < -0.39 is 0 Å². The highest BCUT2D eigenvalue weighted by Gasteiger charge is 2.20. The number of rotatable bonds is 3. The van der Waals surface area contributed by atoms with Gasteiger partial charge in [-0.05, 0) is 19.2 Å². The van der Waals surface area contributed by atoms with E-state index in [1.165, 1.54) is 5.69 Å². The average molecular weight is 270 g/mol. The Hall–Kier alpha value is -1.26. The Balaban J connectivity index is 0.00000162. The zero-order valence-electron chi connectivity index (χ0n) is 10.6. The van der Waals surface area contributed by atoms with Crippen LogP contribution < -0.4 is 10.2 Å². The van der Waals surface area contributed by atoms with E-state index in [-0.39, 0.29) is 18.3 Å². The molecule has 0 bridgehead atoms. The third kappa shape index (κ3) is 3.62. The van der Waals surface area contributed by atoms with Crippen LogP contribution in [0, 0.1) is 0 Å². The van der Waals surface area contributed by atoms with Gasteiger partial charge in [0.1, 0.15) is 0 Å². The maximum atomic E-state index is 11.7. The first-order chi connectivity index (χ1) is 8.31. The molecular weight excluding hydrogens is 250 g/mol. The summed E-state index contributed by atoms with van der Waals surface area (Å²) in [6.07, 6.45) is 0. The van der Waals surface area contributed by atoms with Gasteiger partial charge in [0.2, 0.25) is 5.91 Å². The van der Waals surface area contributed by atoms with Crippen molar-refractivity contribution in [2.24, 2.45) is 0 Å². The highest BCUT2D eigenvalue weighted by atomic mass is 35.5. The van der Waals surface area contributed by atoms with Crippen molar-refractivity contribution < 1.29 is 4.79 Å². The molecule has 1 aliphatic rings. The number of carbonyl (C=O) groups is 1. The molecule has 0 aromatic heterocycles. The van der Waals surface area contributed by atoms with Crippen LogP contribution >= 0.6 is 12.4 Å². The molecule has 1 aliphatic heterocycles. The minimum atomic E-state index is 0. The van der Waals surface area contributed by atoms with Crippen molar-refractivity contribution in [3.8, 4) is 0 Å². The van der Waals surface area contributed by atoms with Crippen molar-refractivity contribution in [2.75, 3.05) is 44.7 Å². The quantitative estimate of drug-likeness (QED) is 0.889. The Kier molecular flexibility index (Phi) is 5.95. The first-order valence-electron chi connectivity index (χ1n) is 6.03. The summed E-state index contributed by atoms with van der Waals surface area (Å²) in [5.74, 6) is 0.195. The molecule has 1 N–H and O–H groups in total. The van der Waals surface area contributed by atoms with Crippen LogP contribution in [-0.4, -0.2) is 50.6 Å². The molecule has 1 amide bonds. The minimum Gasteiger partial charge on any atom is -0.368 e. The second-order valence-electron chi connectivity index (χ2n) is 4.23. The van der Waals surface area contributed by atoms with Gasteiger partial charge in [0, 0.05) is 31.9 Å². The molecule has 1 heterocycles. The molecule has 1 fully saturated rings. The van der Waals surface area contributed by atoms with Crippen LogP contribution in [0.2, 0.25) is 0 Å². The number of hydrogen-bond acceptors (Lipinski definition) is 3. The highest BCUT2D eigenvalue weighted by molar-refractivity contribution is 5.85. The Morgan fingerprint density at radius 1 is 1.17 bits per heavy atom. The largest absolute Gasteiger partial charge is 0.368 e. The molecule has 100 valence electrons. The first-order valence-corrected chi connectivity index (χ1v) is 6.03. The molecule has 0 radical (unpaired) electrons. The summed E-state index contributed by atoms with van der Waals surface area (Å²) in [6.45, 7) is 3.90. The van der Waals surface area contributed by atoms with Crippen molar-refractivity contribution in [1.29, 1.82) is 0 Å². The average Bonchev–Trinajstić information content (AvgIpc) is 2.40. The zero-order valence-corrected chi connectivity index (χ0v) is 11.4. The summed E-state index contributed by atoms with van der Waals surface area (Å²) >= 11 is 0. The number of anilines is 1. The monoisotopic (exact) mass is 269 g/mol.